The molecule has 1 saturated heterocycles. The summed E-state index contributed by atoms with van der Waals surface area (Å²) in [6, 6.07) is 0. The van der Waals surface area contributed by atoms with Crippen molar-refractivity contribution in [3.8, 4) is 0 Å². The van der Waals surface area contributed by atoms with E-state index in [1.54, 1.807) is 0 Å². The topological polar surface area (TPSA) is 64.0 Å². The first-order valence-electron chi connectivity index (χ1n) is 7.08. The van der Waals surface area contributed by atoms with E-state index in [1.165, 1.54) is 0 Å². The van der Waals surface area contributed by atoms with Gasteiger partial charge in [-0.15, -0.1) is 0 Å². The Balaban J connectivity index is 2.39. The zero-order valence-corrected chi connectivity index (χ0v) is 12.4. The van der Waals surface area contributed by atoms with Crippen LogP contribution in [0.5, 0.6) is 0 Å². The smallest absolute Gasteiger partial charge is 0.236 e. The van der Waals surface area contributed by atoms with E-state index in [0.717, 1.165) is 25.9 Å². The Bertz CT molecular complexity index is 284. The van der Waals surface area contributed by atoms with Crippen LogP contribution >= 0.6 is 0 Å². The van der Waals surface area contributed by atoms with Crippen LogP contribution in [0.15, 0.2) is 0 Å². The van der Waals surface area contributed by atoms with Crippen LogP contribution in [0.2, 0.25) is 0 Å². The maximum absolute atomic E-state index is 12.1. The molecule has 1 rings (SSSR count). The highest BCUT2D eigenvalue weighted by atomic mass is 16.3. The van der Waals surface area contributed by atoms with Crippen LogP contribution in [0.3, 0.4) is 0 Å². The molecule has 2 N–H and O–H groups in total. The number of rotatable bonds is 6. The van der Waals surface area contributed by atoms with Gasteiger partial charge in [-0.3, -0.25) is 9.69 Å². The number of likely N-dealkylation sites (tertiary alicyclic amines) is 1. The minimum Gasteiger partial charge on any atom is -0.396 e. The molecule has 0 saturated carbocycles. The van der Waals surface area contributed by atoms with Crippen LogP contribution in [0.25, 0.3) is 0 Å². The van der Waals surface area contributed by atoms with Gasteiger partial charge in [0.25, 0.3) is 0 Å². The standard InChI is InChI=1S/C14H28N2O3/c1-12-4-6-16(7-5-12)13(19)8-15(3)9-14(2,10-17)11-18/h12,17-18H,4-11H2,1-3H3. The van der Waals surface area contributed by atoms with Crippen LogP contribution in [0.1, 0.15) is 26.7 Å². The van der Waals surface area contributed by atoms with Gasteiger partial charge in [0.05, 0.1) is 19.8 Å². The first kappa shape index (κ1) is 16.4. The van der Waals surface area contributed by atoms with Gasteiger partial charge in [0.1, 0.15) is 0 Å². The molecule has 1 aliphatic rings. The second-order valence-corrected chi connectivity index (χ2v) is 6.36. The molecular weight excluding hydrogens is 244 g/mol. The molecule has 1 amide bonds. The normalized spacial score (nSPS) is 18.1. The minimum absolute atomic E-state index is 0.0801. The van der Waals surface area contributed by atoms with Crippen molar-refractivity contribution in [2.75, 3.05) is 46.4 Å². The number of hydrogen-bond donors (Lipinski definition) is 2. The van der Waals surface area contributed by atoms with Crippen LogP contribution in [-0.2, 0) is 4.79 Å². The van der Waals surface area contributed by atoms with E-state index in [4.69, 9.17) is 0 Å². The van der Waals surface area contributed by atoms with Crippen molar-refractivity contribution < 1.29 is 15.0 Å². The fourth-order valence-electron chi connectivity index (χ4n) is 2.45. The van der Waals surface area contributed by atoms with Crippen molar-refractivity contribution in [1.82, 2.24) is 9.80 Å². The van der Waals surface area contributed by atoms with E-state index in [0.29, 0.717) is 19.0 Å². The average molecular weight is 272 g/mol. The lowest BCUT2D eigenvalue weighted by Crippen LogP contribution is -2.46. The highest BCUT2D eigenvalue weighted by molar-refractivity contribution is 5.78. The predicted octanol–water partition coefficient (Wildman–Crippen LogP) is 0.168. The molecule has 0 aromatic heterocycles. The Labute approximate surface area is 116 Å². The molecule has 0 aromatic rings. The SMILES string of the molecule is CC1CCN(C(=O)CN(C)CC(C)(CO)CO)CC1. The summed E-state index contributed by atoms with van der Waals surface area (Å²) in [7, 11) is 1.86. The molecular formula is C14H28N2O3. The molecule has 112 valence electrons. The van der Waals surface area contributed by atoms with E-state index in [2.05, 4.69) is 6.92 Å². The molecule has 0 atom stereocenters. The Morgan fingerprint density at radius 2 is 1.84 bits per heavy atom. The Morgan fingerprint density at radius 1 is 1.32 bits per heavy atom. The summed E-state index contributed by atoms with van der Waals surface area (Å²) < 4.78 is 0. The number of aliphatic hydroxyl groups is 2. The van der Waals surface area contributed by atoms with Gasteiger partial charge in [0.15, 0.2) is 0 Å². The molecule has 0 unspecified atom stereocenters. The highest BCUT2D eigenvalue weighted by Crippen LogP contribution is 2.18. The van der Waals surface area contributed by atoms with Gasteiger partial charge >= 0.3 is 0 Å². The van der Waals surface area contributed by atoms with Crippen molar-refractivity contribution in [1.29, 1.82) is 0 Å². The molecule has 0 radical (unpaired) electrons. The average Bonchev–Trinajstić information content (AvgIpc) is 2.39. The number of amides is 1. The summed E-state index contributed by atoms with van der Waals surface area (Å²) in [5, 5.41) is 18.5. The second-order valence-electron chi connectivity index (χ2n) is 6.36. The van der Waals surface area contributed by atoms with Gasteiger partial charge < -0.3 is 15.1 Å². The van der Waals surface area contributed by atoms with Gasteiger partial charge in [-0.05, 0) is 25.8 Å². The molecule has 1 fully saturated rings. The predicted molar refractivity (Wildman–Crippen MR) is 74.8 cm³/mol. The number of nitrogens with zero attached hydrogens (tertiary/aromatic N) is 2. The zero-order chi connectivity index (χ0) is 14.5. The van der Waals surface area contributed by atoms with Crippen LogP contribution in [0, 0.1) is 11.3 Å². The number of carbonyl (C=O) groups is 1. The summed E-state index contributed by atoms with van der Waals surface area (Å²) in [5.41, 5.74) is -0.550. The first-order chi connectivity index (χ1) is 8.90. The molecule has 0 bridgehead atoms. The Hall–Kier alpha value is -0.650. The lowest BCUT2D eigenvalue weighted by molar-refractivity contribution is -0.134. The van der Waals surface area contributed by atoms with E-state index in [-0.39, 0.29) is 19.1 Å². The van der Waals surface area contributed by atoms with Crippen LogP contribution in [0.4, 0.5) is 0 Å². The van der Waals surface area contributed by atoms with Crippen molar-refractivity contribution in [2.24, 2.45) is 11.3 Å². The molecule has 5 nitrogen and oxygen atoms in total. The summed E-state index contributed by atoms with van der Waals surface area (Å²) >= 11 is 0. The van der Waals surface area contributed by atoms with Gasteiger partial charge in [-0.1, -0.05) is 13.8 Å². The summed E-state index contributed by atoms with van der Waals surface area (Å²) in [6.07, 6.45) is 2.17. The number of piperidine rings is 1. The van der Waals surface area contributed by atoms with Crippen molar-refractivity contribution in [2.45, 2.75) is 26.7 Å². The Morgan fingerprint density at radius 3 is 2.32 bits per heavy atom. The maximum Gasteiger partial charge on any atom is 0.236 e. The van der Waals surface area contributed by atoms with Gasteiger partial charge in [0.2, 0.25) is 5.91 Å². The van der Waals surface area contributed by atoms with E-state index in [1.807, 2.05) is 23.8 Å². The molecule has 19 heavy (non-hydrogen) atoms. The quantitative estimate of drug-likeness (QED) is 0.723. The third kappa shape index (κ3) is 5.09. The molecule has 0 aliphatic carbocycles. The molecule has 1 aliphatic heterocycles. The number of likely N-dealkylation sites (N-methyl/N-ethyl adjacent to an activating group) is 1. The summed E-state index contributed by atoms with van der Waals surface area (Å²) in [4.78, 5) is 15.9. The van der Waals surface area contributed by atoms with E-state index < -0.39 is 5.41 Å². The van der Waals surface area contributed by atoms with Gasteiger partial charge in [-0.2, -0.15) is 0 Å². The first-order valence-corrected chi connectivity index (χ1v) is 7.08. The van der Waals surface area contributed by atoms with E-state index in [9.17, 15) is 15.0 Å². The fraction of sp³-hybridized carbons (Fsp3) is 0.929. The lowest BCUT2D eigenvalue weighted by atomic mass is 9.92. The highest BCUT2D eigenvalue weighted by Gasteiger charge is 2.27. The zero-order valence-electron chi connectivity index (χ0n) is 12.4. The largest absolute Gasteiger partial charge is 0.396 e. The fourth-order valence-corrected chi connectivity index (χ4v) is 2.45. The van der Waals surface area contributed by atoms with Crippen molar-refractivity contribution in [3.05, 3.63) is 0 Å². The third-order valence-corrected chi connectivity index (χ3v) is 3.96. The van der Waals surface area contributed by atoms with Gasteiger partial charge in [0, 0.05) is 25.0 Å². The number of aliphatic hydroxyl groups excluding tert-OH is 2. The van der Waals surface area contributed by atoms with Gasteiger partial charge in [-0.25, -0.2) is 0 Å². The van der Waals surface area contributed by atoms with E-state index >= 15 is 0 Å². The molecule has 0 spiro atoms. The second kappa shape index (κ2) is 7.22. The summed E-state index contributed by atoms with van der Waals surface area (Å²) in [5.74, 6) is 0.862. The monoisotopic (exact) mass is 272 g/mol. The number of carbonyl (C=O) groups excluding carboxylic acids is 1. The van der Waals surface area contributed by atoms with Crippen molar-refractivity contribution >= 4 is 5.91 Å². The molecule has 5 heteroatoms. The molecule has 0 aromatic carbocycles. The van der Waals surface area contributed by atoms with Crippen LogP contribution < -0.4 is 0 Å². The number of hydrogen-bond acceptors (Lipinski definition) is 4. The minimum atomic E-state index is -0.550. The Kier molecular flexibility index (Phi) is 6.23. The third-order valence-electron chi connectivity index (χ3n) is 3.96. The van der Waals surface area contributed by atoms with Crippen molar-refractivity contribution in [3.63, 3.8) is 0 Å². The summed E-state index contributed by atoms with van der Waals surface area (Å²) in [6.45, 7) is 6.45. The van der Waals surface area contributed by atoms with Crippen LogP contribution in [-0.4, -0.2) is 72.4 Å². The lowest BCUT2D eigenvalue weighted by Gasteiger charge is -2.34. The molecule has 1 heterocycles. The maximum atomic E-state index is 12.1.